The Bertz CT molecular complexity index is 1040. The Labute approximate surface area is 202 Å². The molecule has 0 heterocycles. The SMILES string of the molecule is CCOC(=O)C(CCCc1ccccc1)C(CSc1c(OCC)ccc2ccccc12)P=O. The van der Waals surface area contributed by atoms with Crippen LogP contribution in [-0.4, -0.2) is 30.6 Å². The average Bonchev–Trinajstić information content (AvgIpc) is 2.85. The number of ether oxygens (including phenoxy) is 2. The molecule has 0 aliphatic carbocycles. The topological polar surface area (TPSA) is 52.6 Å². The summed E-state index contributed by atoms with van der Waals surface area (Å²) < 4.78 is 23.5. The van der Waals surface area contributed by atoms with Crippen LogP contribution in [0.3, 0.4) is 0 Å². The normalized spacial score (nSPS) is 13.0. The van der Waals surface area contributed by atoms with E-state index in [1.165, 1.54) is 5.56 Å². The first-order valence-corrected chi connectivity index (χ1v) is 13.3. The molecule has 0 aliphatic heterocycles. The van der Waals surface area contributed by atoms with E-state index in [0.29, 0.717) is 25.4 Å². The minimum atomic E-state index is -0.411. The number of carbonyl (C=O) groups is 1. The summed E-state index contributed by atoms with van der Waals surface area (Å²) in [5.41, 5.74) is 0.904. The largest absolute Gasteiger partial charge is 0.493 e. The summed E-state index contributed by atoms with van der Waals surface area (Å²) in [4.78, 5) is 13.8. The predicted octanol–water partition coefficient (Wildman–Crippen LogP) is 7.19. The second-order valence-corrected chi connectivity index (χ2v) is 9.67. The van der Waals surface area contributed by atoms with Crippen molar-refractivity contribution in [2.75, 3.05) is 19.0 Å². The van der Waals surface area contributed by atoms with Crippen molar-refractivity contribution < 1.29 is 18.8 Å². The molecule has 0 aliphatic rings. The highest BCUT2D eigenvalue weighted by atomic mass is 32.2. The van der Waals surface area contributed by atoms with Gasteiger partial charge in [0.05, 0.1) is 29.7 Å². The molecule has 174 valence electrons. The van der Waals surface area contributed by atoms with E-state index < -0.39 is 5.92 Å². The minimum absolute atomic E-state index is 0.0360. The highest BCUT2D eigenvalue weighted by Crippen LogP contribution is 2.39. The predicted molar refractivity (Wildman–Crippen MR) is 137 cm³/mol. The van der Waals surface area contributed by atoms with Gasteiger partial charge in [0, 0.05) is 5.75 Å². The van der Waals surface area contributed by atoms with E-state index in [-0.39, 0.29) is 20.1 Å². The third kappa shape index (κ3) is 7.06. The van der Waals surface area contributed by atoms with E-state index in [2.05, 4.69) is 30.3 Å². The van der Waals surface area contributed by atoms with Gasteiger partial charge in [0.1, 0.15) is 5.75 Å². The Balaban J connectivity index is 1.76. The first-order valence-electron chi connectivity index (χ1n) is 11.5. The van der Waals surface area contributed by atoms with Gasteiger partial charge in [0.25, 0.3) is 0 Å². The van der Waals surface area contributed by atoms with Crippen molar-refractivity contribution in [3.8, 4) is 5.75 Å². The summed E-state index contributed by atoms with van der Waals surface area (Å²) in [6.45, 7) is 4.66. The van der Waals surface area contributed by atoms with Gasteiger partial charge in [-0.2, -0.15) is 0 Å². The molecule has 0 saturated heterocycles. The lowest BCUT2D eigenvalue weighted by Gasteiger charge is -2.21. The number of aryl methyl sites for hydroxylation is 1. The zero-order valence-electron chi connectivity index (χ0n) is 19.2. The van der Waals surface area contributed by atoms with Crippen molar-refractivity contribution in [3.63, 3.8) is 0 Å². The summed E-state index contributed by atoms with van der Waals surface area (Å²) in [6.07, 6.45) is 2.36. The third-order valence-electron chi connectivity index (χ3n) is 5.55. The van der Waals surface area contributed by atoms with Crippen LogP contribution in [0.15, 0.2) is 71.6 Å². The van der Waals surface area contributed by atoms with Crippen LogP contribution in [0.5, 0.6) is 5.75 Å². The third-order valence-corrected chi connectivity index (χ3v) is 7.85. The summed E-state index contributed by atoms with van der Waals surface area (Å²) in [5.74, 6) is 0.682. The number of hydrogen-bond acceptors (Lipinski definition) is 5. The maximum Gasteiger partial charge on any atom is 0.310 e. The molecule has 0 amide bonds. The fourth-order valence-corrected chi connectivity index (χ4v) is 5.98. The second kappa shape index (κ2) is 13.4. The van der Waals surface area contributed by atoms with Crippen LogP contribution in [0.4, 0.5) is 0 Å². The van der Waals surface area contributed by atoms with Crippen LogP contribution in [0.1, 0.15) is 32.3 Å². The number of thioether (sulfide) groups is 1. The van der Waals surface area contributed by atoms with E-state index >= 15 is 0 Å². The van der Waals surface area contributed by atoms with Gasteiger partial charge in [-0.3, -0.25) is 9.36 Å². The molecule has 2 atom stereocenters. The monoisotopic (exact) mass is 482 g/mol. The molecule has 33 heavy (non-hydrogen) atoms. The van der Waals surface area contributed by atoms with Gasteiger partial charge in [-0.1, -0.05) is 60.7 Å². The van der Waals surface area contributed by atoms with Crippen LogP contribution in [0.2, 0.25) is 0 Å². The smallest absolute Gasteiger partial charge is 0.310 e. The van der Waals surface area contributed by atoms with Crippen molar-refractivity contribution in [2.24, 2.45) is 5.92 Å². The van der Waals surface area contributed by atoms with Gasteiger partial charge in [0.2, 0.25) is 0 Å². The van der Waals surface area contributed by atoms with E-state index in [0.717, 1.165) is 34.3 Å². The summed E-state index contributed by atoms with van der Waals surface area (Å²) >= 11 is 1.60. The van der Waals surface area contributed by atoms with Gasteiger partial charge in [0.15, 0.2) is 8.46 Å². The molecule has 0 N–H and O–H groups in total. The maximum atomic E-state index is 12.8. The van der Waals surface area contributed by atoms with Gasteiger partial charge >= 0.3 is 5.97 Å². The first-order chi connectivity index (χ1) is 16.2. The van der Waals surface area contributed by atoms with Gasteiger partial charge < -0.3 is 9.47 Å². The molecule has 0 saturated carbocycles. The molecule has 3 aromatic carbocycles. The van der Waals surface area contributed by atoms with Crippen molar-refractivity contribution in [3.05, 3.63) is 72.3 Å². The molecule has 0 fully saturated rings. The van der Waals surface area contributed by atoms with E-state index in [1.54, 1.807) is 11.8 Å². The van der Waals surface area contributed by atoms with Crippen molar-refractivity contribution in [1.29, 1.82) is 0 Å². The Morgan fingerprint density at radius 2 is 1.73 bits per heavy atom. The molecule has 6 heteroatoms. The zero-order chi connectivity index (χ0) is 23.5. The first kappa shape index (κ1) is 25.3. The van der Waals surface area contributed by atoms with Crippen LogP contribution in [-0.2, 0) is 20.5 Å². The Morgan fingerprint density at radius 3 is 2.45 bits per heavy atom. The van der Waals surface area contributed by atoms with Crippen LogP contribution < -0.4 is 4.74 Å². The Morgan fingerprint density at radius 1 is 0.970 bits per heavy atom. The Hall–Kier alpha value is -2.36. The number of carbonyl (C=O) groups excluding carboxylic acids is 1. The molecule has 0 radical (unpaired) electrons. The lowest BCUT2D eigenvalue weighted by molar-refractivity contribution is -0.148. The van der Waals surface area contributed by atoms with Crippen molar-refractivity contribution in [2.45, 2.75) is 43.7 Å². The van der Waals surface area contributed by atoms with E-state index in [9.17, 15) is 9.36 Å². The minimum Gasteiger partial charge on any atom is -0.493 e. The van der Waals surface area contributed by atoms with Gasteiger partial charge in [-0.05, 0) is 55.5 Å². The lowest BCUT2D eigenvalue weighted by Crippen LogP contribution is -2.28. The molecule has 4 nitrogen and oxygen atoms in total. The van der Waals surface area contributed by atoms with Crippen LogP contribution in [0.25, 0.3) is 10.8 Å². The maximum absolute atomic E-state index is 12.8. The van der Waals surface area contributed by atoms with Crippen LogP contribution >= 0.6 is 20.2 Å². The lowest BCUT2D eigenvalue weighted by atomic mass is 9.97. The van der Waals surface area contributed by atoms with Crippen molar-refractivity contribution in [1.82, 2.24) is 0 Å². The zero-order valence-corrected chi connectivity index (χ0v) is 20.9. The number of rotatable bonds is 13. The van der Waals surface area contributed by atoms with Crippen molar-refractivity contribution >= 4 is 37.0 Å². The number of esters is 1. The molecule has 0 spiro atoms. The highest BCUT2D eigenvalue weighted by Gasteiger charge is 2.30. The molecule has 0 aromatic heterocycles. The molecule has 3 rings (SSSR count). The molecular formula is C27H31O4PS. The van der Waals surface area contributed by atoms with E-state index in [1.807, 2.05) is 50.2 Å². The van der Waals surface area contributed by atoms with Gasteiger partial charge in [-0.15, -0.1) is 11.8 Å². The summed E-state index contributed by atoms with van der Waals surface area (Å²) in [7, 11) is -0.0360. The molecule has 3 aromatic rings. The highest BCUT2D eigenvalue weighted by molar-refractivity contribution is 7.99. The van der Waals surface area contributed by atoms with E-state index in [4.69, 9.17) is 9.47 Å². The average molecular weight is 483 g/mol. The van der Waals surface area contributed by atoms with Gasteiger partial charge in [-0.25, -0.2) is 0 Å². The summed E-state index contributed by atoms with van der Waals surface area (Å²) in [5, 5.41) is 2.23. The van der Waals surface area contributed by atoms with Crippen LogP contribution in [0, 0.1) is 5.92 Å². The number of benzene rings is 3. The Kier molecular flexibility index (Phi) is 10.2. The fraction of sp³-hybridized carbons (Fsp3) is 0.370. The molecular weight excluding hydrogens is 451 g/mol. The number of hydrogen-bond donors (Lipinski definition) is 0. The second-order valence-electron chi connectivity index (χ2n) is 7.77. The fourth-order valence-electron chi connectivity index (χ4n) is 3.92. The quantitative estimate of drug-likeness (QED) is 0.147. The number of fused-ring (bicyclic) bond motifs is 1. The summed E-state index contributed by atoms with van der Waals surface area (Å²) in [6, 6.07) is 22.4. The molecule has 0 bridgehead atoms. The standard InChI is InChI=1S/C27H31O4PS/c1-3-30-24-18-17-21-14-8-9-15-22(21)26(24)33-19-25(32-29)23(27(28)31-4-2)16-10-13-20-11-6-5-7-12-20/h5-9,11-12,14-15,17-18,23,25H,3-4,10,13,16,19H2,1-2H3. The molecule has 2 unspecified atom stereocenters.